The molecule has 10 heteroatoms. The molecule has 6 nitrogen and oxygen atoms in total. The van der Waals surface area contributed by atoms with E-state index < -0.39 is 0 Å². The second kappa shape index (κ2) is 11.4. The van der Waals surface area contributed by atoms with E-state index in [0.717, 1.165) is 34.9 Å². The van der Waals surface area contributed by atoms with Gasteiger partial charge in [0.25, 0.3) is 5.91 Å². The third-order valence-corrected chi connectivity index (χ3v) is 7.32. The molecule has 1 saturated carbocycles. The van der Waals surface area contributed by atoms with Gasteiger partial charge in [-0.15, -0.1) is 10.2 Å². The molecule has 0 atom stereocenters. The summed E-state index contributed by atoms with van der Waals surface area (Å²) < 4.78 is 2.18. The maximum absolute atomic E-state index is 12.4. The number of nitrogens with zero attached hydrogens (tertiary/aromatic N) is 4. The maximum atomic E-state index is 12.4. The van der Waals surface area contributed by atoms with E-state index >= 15 is 0 Å². The number of halogens is 3. The maximum Gasteiger partial charge on any atom is 0.250 e. The molecule has 2 aromatic carbocycles. The van der Waals surface area contributed by atoms with Crippen LogP contribution in [0.5, 0.6) is 0 Å². The van der Waals surface area contributed by atoms with E-state index in [0.29, 0.717) is 21.1 Å². The molecule has 0 aliphatic heterocycles. The fourth-order valence-electron chi connectivity index (χ4n) is 3.77. The van der Waals surface area contributed by atoms with Crippen LogP contribution < -0.4 is 5.43 Å². The Morgan fingerprint density at radius 2 is 1.82 bits per heavy atom. The summed E-state index contributed by atoms with van der Waals surface area (Å²) in [5, 5.41) is 15.2. The lowest BCUT2D eigenvalue weighted by molar-refractivity contribution is -0.118. The average molecular weight is 523 g/mol. The van der Waals surface area contributed by atoms with Crippen LogP contribution in [-0.2, 0) is 4.79 Å². The van der Waals surface area contributed by atoms with Gasteiger partial charge in [0.2, 0.25) is 0 Å². The fourth-order valence-corrected chi connectivity index (χ4v) is 5.00. The van der Waals surface area contributed by atoms with Gasteiger partial charge in [0.15, 0.2) is 11.0 Å². The lowest BCUT2D eigenvalue weighted by Crippen LogP contribution is -2.20. The molecule has 33 heavy (non-hydrogen) atoms. The predicted octanol–water partition coefficient (Wildman–Crippen LogP) is 6.65. The highest BCUT2D eigenvalue weighted by molar-refractivity contribution is 7.99. The molecule has 0 bridgehead atoms. The van der Waals surface area contributed by atoms with Crippen LogP contribution in [0.25, 0.3) is 11.4 Å². The van der Waals surface area contributed by atoms with Crippen molar-refractivity contribution in [1.82, 2.24) is 20.2 Å². The number of hydrogen-bond donors (Lipinski definition) is 1. The van der Waals surface area contributed by atoms with E-state index in [9.17, 15) is 4.79 Å². The van der Waals surface area contributed by atoms with Crippen molar-refractivity contribution in [2.75, 3.05) is 5.75 Å². The Bertz CT molecular complexity index is 1140. The number of nitrogens with one attached hydrogen (secondary N) is 1. The lowest BCUT2D eigenvalue weighted by atomic mass is 9.95. The van der Waals surface area contributed by atoms with Crippen LogP contribution in [0.3, 0.4) is 0 Å². The van der Waals surface area contributed by atoms with Gasteiger partial charge in [0, 0.05) is 16.6 Å². The molecular formula is C23H22Cl3N5OS. The van der Waals surface area contributed by atoms with Gasteiger partial charge in [-0.2, -0.15) is 5.10 Å². The first-order valence-corrected chi connectivity index (χ1v) is 12.7. The standard InChI is InChI=1S/C23H22Cl3N5OS/c24-17-9-7-16(8-10-17)22-29-30-23(31(22)18-4-2-1-3-5-18)33-14-21(32)28-27-13-15-6-11-19(25)20(26)12-15/h6-13,18H,1-5,14H2,(H,28,32)/b27-13-. The Morgan fingerprint density at radius 3 is 2.55 bits per heavy atom. The predicted molar refractivity (Wildman–Crippen MR) is 136 cm³/mol. The fraction of sp³-hybridized carbons (Fsp3) is 0.304. The van der Waals surface area contributed by atoms with Crippen molar-refractivity contribution >= 4 is 58.7 Å². The van der Waals surface area contributed by atoms with Crippen molar-refractivity contribution in [2.24, 2.45) is 5.10 Å². The zero-order valence-electron chi connectivity index (χ0n) is 17.7. The van der Waals surface area contributed by atoms with Crippen LogP contribution in [0.2, 0.25) is 15.1 Å². The van der Waals surface area contributed by atoms with Gasteiger partial charge in [0.1, 0.15) is 0 Å². The monoisotopic (exact) mass is 521 g/mol. The zero-order chi connectivity index (χ0) is 23.2. The van der Waals surface area contributed by atoms with Gasteiger partial charge in [-0.1, -0.05) is 71.9 Å². The number of amides is 1. The molecule has 1 aromatic heterocycles. The molecule has 4 rings (SSSR count). The van der Waals surface area contributed by atoms with Gasteiger partial charge < -0.3 is 0 Å². The topological polar surface area (TPSA) is 72.2 Å². The number of carbonyl (C=O) groups is 1. The second-order valence-corrected chi connectivity index (χ2v) is 9.92. The Labute approximate surface area is 211 Å². The molecule has 0 unspecified atom stereocenters. The summed E-state index contributed by atoms with van der Waals surface area (Å²) in [6, 6.07) is 13.0. The number of aromatic nitrogens is 3. The van der Waals surface area contributed by atoms with Crippen LogP contribution in [-0.4, -0.2) is 32.6 Å². The number of thioether (sulfide) groups is 1. The van der Waals surface area contributed by atoms with Gasteiger partial charge >= 0.3 is 0 Å². The van der Waals surface area contributed by atoms with E-state index in [1.54, 1.807) is 18.2 Å². The van der Waals surface area contributed by atoms with Crippen molar-refractivity contribution < 1.29 is 4.79 Å². The molecule has 172 valence electrons. The third kappa shape index (κ3) is 6.29. The first-order valence-electron chi connectivity index (χ1n) is 10.6. The van der Waals surface area contributed by atoms with Gasteiger partial charge in [-0.05, 0) is 54.8 Å². The van der Waals surface area contributed by atoms with E-state index in [-0.39, 0.29) is 11.7 Å². The van der Waals surface area contributed by atoms with Crippen molar-refractivity contribution in [3.05, 3.63) is 63.1 Å². The summed E-state index contributed by atoms with van der Waals surface area (Å²) in [4.78, 5) is 12.4. The van der Waals surface area contributed by atoms with Crippen molar-refractivity contribution in [3.8, 4) is 11.4 Å². The van der Waals surface area contributed by atoms with Crippen molar-refractivity contribution in [2.45, 2.75) is 43.3 Å². The first kappa shape index (κ1) is 24.1. The molecule has 0 saturated heterocycles. The summed E-state index contributed by atoms with van der Waals surface area (Å²) in [5.41, 5.74) is 4.24. The molecule has 3 aromatic rings. The third-order valence-electron chi connectivity index (χ3n) is 5.39. The van der Waals surface area contributed by atoms with E-state index in [1.165, 1.54) is 37.2 Å². The van der Waals surface area contributed by atoms with Crippen molar-refractivity contribution in [3.63, 3.8) is 0 Å². The first-order chi connectivity index (χ1) is 16.0. The highest BCUT2D eigenvalue weighted by Gasteiger charge is 2.24. The SMILES string of the molecule is O=C(CSc1nnc(-c2ccc(Cl)cc2)n1C1CCCCC1)N/N=C\c1ccc(Cl)c(Cl)c1. The number of benzene rings is 2. The van der Waals surface area contributed by atoms with E-state index in [2.05, 4.69) is 25.3 Å². The van der Waals surface area contributed by atoms with Crippen LogP contribution in [0.1, 0.15) is 43.7 Å². The number of carbonyl (C=O) groups excluding carboxylic acids is 1. The summed E-state index contributed by atoms with van der Waals surface area (Å²) in [6.07, 6.45) is 7.27. The summed E-state index contributed by atoms with van der Waals surface area (Å²) in [5.74, 6) is 0.742. The highest BCUT2D eigenvalue weighted by atomic mass is 35.5. The molecule has 0 spiro atoms. The normalized spacial score (nSPS) is 14.6. The molecule has 1 amide bonds. The molecule has 0 radical (unpaired) electrons. The van der Waals surface area contributed by atoms with Crippen molar-refractivity contribution in [1.29, 1.82) is 0 Å². The van der Waals surface area contributed by atoms with Gasteiger partial charge in [-0.25, -0.2) is 5.43 Å². The Morgan fingerprint density at radius 1 is 1.06 bits per heavy atom. The Kier molecular flexibility index (Phi) is 8.30. The molecule has 1 aliphatic carbocycles. The molecular weight excluding hydrogens is 501 g/mol. The second-order valence-electron chi connectivity index (χ2n) is 7.73. The Balaban J connectivity index is 1.44. The minimum atomic E-state index is -0.234. The quantitative estimate of drug-likeness (QED) is 0.214. The average Bonchev–Trinajstić information content (AvgIpc) is 3.25. The van der Waals surface area contributed by atoms with Gasteiger partial charge in [-0.3, -0.25) is 9.36 Å². The molecule has 1 fully saturated rings. The Hall–Kier alpha value is -2.06. The largest absolute Gasteiger partial charge is 0.299 e. The summed E-state index contributed by atoms with van der Waals surface area (Å²) in [7, 11) is 0. The van der Waals surface area contributed by atoms with Crippen LogP contribution in [0.15, 0.2) is 52.7 Å². The zero-order valence-corrected chi connectivity index (χ0v) is 20.8. The van der Waals surface area contributed by atoms with E-state index in [4.69, 9.17) is 34.8 Å². The van der Waals surface area contributed by atoms with Gasteiger partial charge in [0.05, 0.1) is 22.0 Å². The minimum absolute atomic E-state index is 0.171. The molecule has 1 N–H and O–H groups in total. The van der Waals surface area contributed by atoms with Crippen LogP contribution in [0, 0.1) is 0 Å². The number of hydrogen-bond acceptors (Lipinski definition) is 5. The lowest BCUT2D eigenvalue weighted by Gasteiger charge is -2.25. The minimum Gasteiger partial charge on any atom is -0.299 e. The summed E-state index contributed by atoms with van der Waals surface area (Å²) in [6.45, 7) is 0. The highest BCUT2D eigenvalue weighted by Crippen LogP contribution is 2.35. The van der Waals surface area contributed by atoms with Crippen LogP contribution in [0.4, 0.5) is 0 Å². The van der Waals surface area contributed by atoms with Crippen LogP contribution >= 0.6 is 46.6 Å². The number of hydrazone groups is 1. The van der Waals surface area contributed by atoms with E-state index in [1.807, 2.05) is 24.3 Å². The number of rotatable bonds is 7. The molecule has 1 heterocycles. The summed E-state index contributed by atoms with van der Waals surface area (Å²) >= 11 is 19.3. The molecule has 1 aliphatic rings. The smallest absolute Gasteiger partial charge is 0.250 e.